The van der Waals surface area contributed by atoms with Crippen molar-refractivity contribution in [1.82, 2.24) is 10.2 Å². The Bertz CT molecular complexity index is 555. The summed E-state index contributed by atoms with van der Waals surface area (Å²) < 4.78 is 5.70. The SMILES string of the molecule is Cc1ccc(C(C)C)c(OC[C@@H](O)CN2C(=O)CNC2=O)c1. The van der Waals surface area contributed by atoms with Gasteiger partial charge < -0.3 is 15.2 Å². The molecule has 3 amide bonds. The van der Waals surface area contributed by atoms with Crippen LogP contribution in [0.1, 0.15) is 30.9 Å². The average molecular weight is 306 g/mol. The van der Waals surface area contributed by atoms with E-state index in [9.17, 15) is 14.7 Å². The lowest BCUT2D eigenvalue weighted by Gasteiger charge is -2.20. The molecule has 0 unspecified atom stereocenters. The van der Waals surface area contributed by atoms with Crippen LogP contribution in [0.2, 0.25) is 0 Å². The number of amides is 3. The van der Waals surface area contributed by atoms with E-state index in [0.29, 0.717) is 5.92 Å². The monoisotopic (exact) mass is 306 g/mol. The second kappa shape index (κ2) is 6.79. The summed E-state index contributed by atoms with van der Waals surface area (Å²) in [5, 5.41) is 12.4. The van der Waals surface area contributed by atoms with E-state index in [2.05, 4.69) is 19.2 Å². The topological polar surface area (TPSA) is 78.9 Å². The highest BCUT2D eigenvalue weighted by molar-refractivity contribution is 6.01. The summed E-state index contributed by atoms with van der Waals surface area (Å²) in [6.45, 7) is 6.07. The second-order valence-electron chi connectivity index (χ2n) is 5.82. The molecule has 1 aromatic carbocycles. The van der Waals surface area contributed by atoms with Crippen molar-refractivity contribution in [3.05, 3.63) is 29.3 Å². The van der Waals surface area contributed by atoms with Gasteiger partial charge in [0.2, 0.25) is 5.91 Å². The first-order valence-electron chi connectivity index (χ1n) is 7.38. The maximum absolute atomic E-state index is 11.5. The molecular weight excluding hydrogens is 284 g/mol. The van der Waals surface area contributed by atoms with Gasteiger partial charge in [0.25, 0.3) is 0 Å². The molecule has 1 atom stereocenters. The molecule has 1 heterocycles. The highest BCUT2D eigenvalue weighted by Crippen LogP contribution is 2.27. The summed E-state index contributed by atoms with van der Waals surface area (Å²) >= 11 is 0. The van der Waals surface area contributed by atoms with Gasteiger partial charge in [-0.25, -0.2) is 4.79 Å². The molecule has 120 valence electrons. The normalized spacial score (nSPS) is 16.1. The zero-order chi connectivity index (χ0) is 16.3. The van der Waals surface area contributed by atoms with E-state index in [4.69, 9.17) is 4.74 Å². The van der Waals surface area contributed by atoms with Gasteiger partial charge >= 0.3 is 6.03 Å². The van der Waals surface area contributed by atoms with Gasteiger partial charge in [-0.15, -0.1) is 0 Å². The third-order valence-corrected chi connectivity index (χ3v) is 3.55. The van der Waals surface area contributed by atoms with Crippen LogP contribution in [0.15, 0.2) is 18.2 Å². The molecule has 0 saturated carbocycles. The minimum Gasteiger partial charge on any atom is -0.491 e. The molecule has 1 aromatic rings. The van der Waals surface area contributed by atoms with Gasteiger partial charge in [-0.2, -0.15) is 0 Å². The number of benzene rings is 1. The Balaban J connectivity index is 1.96. The fourth-order valence-electron chi connectivity index (χ4n) is 2.33. The molecule has 22 heavy (non-hydrogen) atoms. The van der Waals surface area contributed by atoms with Crippen LogP contribution in [0.25, 0.3) is 0 Å². The fraction of sp³-hybridized carbons (Fsp3) is 0.500. The first-order chi connectivity index (χ1) is 10.4. The summed E-state index contributed by atoms with van der Waals surface area (Å²) in [4.78, 5) is 23.9. The van der Waals surface area contributed by atoms with Gasteiger partial charge in [-0.05, 0) is 30.0 Å². The number of hydrogen-bond acceptors (Lipinski definition) is 4. The molecule has 2 N–H and O–H groups in total. The van der Waals surface area contributed by atoms with Crippen molar-refractivity contribution in [2.75, 3.05) is 19.7 Å². The minimum atomic E-state index is -0.923. The lowest BCUT2D eigenvalue weighted by molar-refractivity contribution is -0.126. The number of rotatable bonds is 6. The molecule has 0 spiro atoms. The van der Waals surface area contributed by atoms with E-state index in [0.717, 1.165) is 21.8 Å². The summed E-state index contributed by atoms with van der Waals surface area (Å²) in [5.74, 6) is 0.701. The van der Waals surface area contributed by atoms with Crippen molar-refractivity contribution < 1.29 is 19.4 Å². The Morgan fingerprint density at radius 3 is 2.68 bits per heavy atom. The molecule has 1 fully saturated rings. The number of hydrogen-bond donors (Lipinski definition) is 2. The Morgan fingerprint density at radius 1 is 1.36 bits per heavy atom. The largest absolute Gasteiger partial charge is 0.491 e. The molecule has 0 radical (unpaired) electrons. The molecule has 2 rings (SSSR count). The maximum atomic E-state index is 11.5. The zero-order valence-electron chi connectivity index (χ0n) is 13.1. The number of urea groups is 1. The Hall–Kier alpha value is -2.08. The van der Waals surface area contributed by atoms with Crippen LogP contribution in [-0.2, 0) is 4.79 Å². The van der Waals surface area contributed by atoms with E-state index >= 15 is 0 Å². The summed E-state index contributed by atoms with van der Waals surface area (Å²) in [6, 6.07) is 5.49. The van der Waals surface area contributed by atoms with Crippen LogP contribution in [0.5, 0.6) is 5.75 Å². The van der Waals surface area contributed by atoms with Crippen LogP contribution in [0, 0.1) is 6.92 Å². The predicted molar refractivity (Wildman–Crippen MR) is 81.9 cm³/mol. The van der Waals surface area contributed by atoms with E-state index in [1.165, 1.54) is 0 Å². The fourth-order valence-corrected chi connectivity index (χ4v) is 2.33. The molecule has 1 aliphatic rings. The van der Waals surface area contributed by atoms with Gasteiger partial charge in [-0.1, -0.05) is 26.0 Å². The molecule has 1 aliphatic heterocycles. The van der Waals surface area contributed by atoms with Crippen molar-refractivity contribution >= 4 is 11.9 Å². The Morgan fingerprint density at radius 2 is 2.09 bits per heavy atom. The molecule has 1 saturated heterocycles. The second-order valence-corrected chi connectivity index (χ2v) is 5.82. The van der Waals surface area contributed by atoms with Crippen molar-refractivity contribution in [3.8, 4) is 5.75 Å². The van der Waals surface area contributed by atoms with Gasteiger partial charge in [0.15, 0.2) is 0 Å². The van der Waals surface area contributed by atoms with Crippen molar-refractivity contribution in [2.45, 2.75) is 32.8 Å². The Labute approximate surface area is 130 Å². The Kier molecular flexibility index (Phi) is 5.03. The van der Waals surface area contributed by atoms with E-state index < -0.39 is 12.1 Å². The van der Waals surface area contributed by atoms with Crippen LogP contribution < -0.4 is 10.1 Å². The van der Waals surface area contributed by atoms with Crippen LogP contribution >= 0.6 is 0 Å². The predicted octanol–water partition coefficient (Wildman–Crippen LogP) is 1.41. The van der Waals surface area contributed by atoms with Crippen molar-refractivity contribution in [2.24, 2.45) is 0 Å². The van der Waals surface area contributed by atoms with Crippen molar-refractivity contribution in [3.63, 3.8) is 0 Å². The third-order valence-electron chi connectivity index (χ3n) is 3.55. The number of aliphatic hydroxyl groups excluding tert-OH is 1. The number of ether oxygens (including phenoxy) is 1. The molecule has 6 nitrogen and oxygen atoms in total. The number of aliphatic hydroxyl groups is 1. The number of nitrogens with zero attached hydrogens (tertiary/aromatic N) is 1. The highest BCUT2D eigenvalue weighted by atomic mass is 16.5. The lowest BCUT2D eigenvalue weighted by atomic mass is 10.0. The number of imide groups is 1. The molecule has 0 aliphatic carbocycles. The van der Waals surface area contributed by atoms with Gasteiger partial charge in [0.1, 0.15) is 18.5 Å². The zero-order valence-corrected chi connectivity index (χ0v) is 13.1. The van der Waals surface area contributed by atoms with Crippen LogP contribution in [0.4, 0.5) is 4.79 Å². The standard InChI is InChI=1S/C16H22N2O4/c1-10(2)13-5-4-11(3)6-14(13)22-9-12(19)8-18-15(20)7-17-16(18)21/h4-6,10,12,19H,7-9H2,1-3H3,(H,17,21)/t12-/m0/s1. The number of aryl methyl sites for hydroxylation is 1. The first kappa shape index (κ1) is 16.3. The van der Waals surface area contributed by atoms with Crippen LogP contribution in [-0.4, -0.2) is 47.7 Å². The molecular formula is C16H22N2O4. The summed E-state index contributed by atoms with van der Waals surface area (Å²) in [7, 11) is 0. The molecule has 6 heteroatoms. The smallest absolute Gasteiger partial charge is 0.324 e. The summed E-state index contributed by atoms with van der Waals surface area (Å²) in [5.41, 5.74) is 2.13. The van der Waals surface area contributed by atoms with Crippen LogP contribution in [0.3, 0.4) is 0 Å². The quantitative estimate of drug-likeness (QED) is 0.779. The van der Waals surface area contributed by atoms with E-state index in [1.807, 2.05) is 25.1 Å². The summed E-state index contributed by atoms with van der Waals surface area (Å²) in [6.07, 6.45) is -0.923. The third kappa shape index (κ3) is 3.76. The maximum Gasteiger partial charge on any atom is 0.324 e. The van der Waals surface area contributed by atoms with Gasteiger partial charge in [0.05, 0.1) is 13.1 Å². The molecule has 0 bridgehead atoms. The number of β-amino-alcohol motifs (C(OH)–C–C–N with tert-alkyl or cyclic N) is 1. The molecule has 0 aromatic heterocycles. The van der Waals surface area contributed by atoms with Gasteiger partial charge in [-0.3, -0.25) is 9.69 Å². The van der Waals surface area contributed by atoms with Crippen molar-refractivity contribution in [1.29, 1.82) is 0 Å². The number of nitrogens with one attached hydrogen (secondary N) is 1. The number of carbonyl (C=O) groups excluding carboxylic acids is 2. The van der Waals surface area contributed by atoms with E-state index in [1.54, 1.807) is 0 Å². The number of carbonyl (C=O) groups is 2. The minimum absolute atomic E-state index is 0.0121. The van der Waals surface area contributed by atoms with E-state index in [-0.39, 0.29) is 25.6 Å². The first-order valence-corrected chi connectivity index (χ1v) is 7.38. The highest BCUT2D eigenvalue weighted by Gasteiger charge is 2.30. The van der Waals surface area contributed by atoms with Gasteiger partial charge in [0, 0.05) is 0 Å². The average Bonchev–Trinajstić information content (AvgIpc) is 2.76. The lowest BCUT2D eigenvalue weighted by Crippen LogP contribution is -2.39.